The number of rotatable bonds is 0. The minimum Gasteiger partial charge on any atom is -0.394 e. The summed E-state index contributed by atoms with van der Waals surface area (Å²) in [5.74, 6) is 0. The molecule has 1 radical (unpaired) electrons. The molecule has 77 valence electrons. The van der Waals surface area contributed by atoms with Crippen molar-refractivity contribution in [1.29, 1.82) is 0 Å². The fourth-order valence-electron chi connectivity index (χ4n) is 0. The summed E-state index contributed by atoms with van der Waals surface area (Å²) in [5, 5.41) is 16.1. The molecular formula is C6H16Cl2O3V. The molecule has 12 heavy (non-hydrogen) atoms. The Morgan fingerprint density at radius 3 is 0.917 bits per heavy atom. The number of hydrogen-bond acceptors (Lipinski definition) is 3. The van der Waals surface area contributed by atoms with Crippen LogP contribution in [0.5, 0.6) is 0 Å². The Labute approximate surface area is 96.2 Å². The second-order valence-corrected chi connectivity index (χ2v) is 2.71. The summed E-state index contributed by atoms with van der Waals surface area (Å²) >= 11 is 8.53. The molecule has 0 rings (SSSR count). The average Bonchev–Trinajstić information content (AvgIpc) is 1.60. The Hall–Kier alpha value is 1.04. The van der Waals surface area contributed by atoms with E-state index in [0.717, 1.165) is 0 Å². The molecule has 0 aromatic heterocycles. The zero-order valence-corrected chi connectivity index (χ0v) is 10.6. The Bertz CT molecular complexity index is 44.5. The molecule has 0 aliphatic heterocycles. The maximum absolute atomic E-state index is 8.06. The Balaban J connectivity index is -0.0000000389. The van der Waals surface area contributed by atoms with Gasteiger partial charge < -0.3 is 10.2 Å². The van der Waals surface area contributed by atoms with Crippen LogP contribution in [0.4, 0.5) is 0 Å². The normalized spacial score (nSPS) is 7.50. The van der Waals surface area contributed by atoms with E-state index in [4.69, 9.17) is 10.2 Å². The minimum absolute atomic E-state index is 0. The summed E-state index contributed by atoms with van der Waals surface area (Å²) < 4.78 is 3.19. The van der Waals surface area contributed by atoms with Gasteiger partial charge >= 0.3 is 0 Å². The van der Waals surface area contributed by atoms with Gasteiger partial charge in [0.05, 0.1) is 23.7 Å². The predicted octanol–water partition coefficient (Wildman–Crippen LogP) is 2.08. The van der Waals surface area contributed by atoms with E-state index in [1.165, 1.54) is 0 Å². The van der Waals surface area contributed by atoms with E-state index in [1.807, 2.05) is 0 Å². The SMILES string of the molecule is CC(C)O.CC(C)O.ClOCl.[V]. The second-order valence-electron chi connectivity index (χ2n) is 2.25. The molecule has 0 saturated carbocycles. The van der Waals surface area contributed by atoms with Crippen molar-refractivity contribution in [2.45, 2.75) is 39.9 Å². The van der Waals surface area contributed by atoms with Crippen molar-refractivity contribution < 1.29 is 32.6 Å². The molecule has 0 aromatic carbocycles. The summed E-state index contributed by atoms with van der Waals surface area (Å²) in [7, 11) is 0. The zero-order chi connectivity index (χ0) is 9.86. The standard InChI is InChI=1S/2C3H8O.Cl2O.V/c2*1-3(2)4;1-3-2;/h2*3-4H,1-2H3;;. The first kappa shape index (κ1) is 23.1. The molecule has 0 amide bonds. The quantitative estimate of drug-likeness (QED) is 0.699. The van der Waals surface area contributed by atoms with Crippen LogP contribution in [0.15, 0.2) is 0 Å². The van der Waals surface area contributed by atoms with E-state index < -0.39 is 0 Å². The van der Waals surface area contributed by atoms with Crippen LogP contribution >= 0.6 is 23.7 Å². The first-order valence-corrected chi connectivity index (χ1v) is 3.75. The third-order valence-electron chi connectivity index (χ3n) is 0. The van der Waals surface area contributed by atoms with Crippen LogP contribution in [-0.4, -0.2) is 22.4 Å². The summed E-state index contributed by atoms with van der Waals surface area (Å²) in [6.45, 7) is 6.89. The molecular weight excluding hydrogens is 242 g/mol. The Kier molecular flexibility index (Phi) is 43.8. The molecule has 0 heterocycles. The van der Waals surface area contributed by atoms with E-state index in [0.29, 0.717) is 0 Å². The summed E-state index contributed by atoms with van der Waals surface area (Å²) in [6.07, 6.45) is -0.333. The molecule has 3 nitrogen and oxygen atoms in total. The van der Waals surface area contributed by atoms with Crippen LogP contribution in [0, 0.1) is 0 Å². The zero-order valence-electron chi connectivity index (χ0n) is 7.66. The predicted molar refractivity (Wildman–Crippen MR) is 47.5 cm³/mol. The third-order valence-corrected chi connectivity index (χ3v) is 0. The van der Waals surface area contributed by atoms with Gasteiger partial charge in [-0.2, -0.15) is 3.84 Å². The van der Waals surface area contributed by atoms with E-state index in [1.54, 1.807) is 27.7 Å². The molecule has 0 atom stereocenters. The summed E-state index contributed by atoms with van der Waals surface area (Å²) in [4.78, 5) is 0. The van der Waals surface area contributed by atoms with Gasteiger partial charge in [0.1, 0.15) is 0 Å². The van der Waals surface area contributed by atoms with E-state index >= 15 is 0 Å². The van der Waals surface area contributed by atoms with Crippen molar-refractivity contribution >= 4 is 23.7 Å². The van der Waals surface area contributed by atoms with Gasteiger partial charge in [0, 0.05) is 30.8 Å². The molecule has 0 fully saturated rings. The number of halogens is 2. The number of aliphatic hydroxyl groups excluding tert-OH is 2. The molecule has 0 bridgehead atoms. The van der Waals surface area contributed by atoms with Gasteiger partial charge in [-0.3, -0.25) is 0 Å². The third kappa shape index (κ3) is 1020. The van der Waals surface area contributed by atoms with Crippen LogP contribution in [0.3, 0.4) is 0 Å². The maximum Gasteiger partial charge on any atom is 0.0832 e. The van der Waals surface area contributed by atoms with Crippen molar-refractivity contribution in [1.82, 2.24) is 0 Å². The van der Waals surface area contributed by atoms with Crippen molar-refractivity contribution in [3.8, 4) is 0 Å². The van der Waals surface area contributed by atoms with Gasteiger partial charge in [-0.1, -0.05) is 0 Å². The molecule has 0 spiro atoms. The van der Waals surface area contributed by atoms with Gasteiger partial charge in [-0.25, -0.2) is 0 Å². The van der Waals surface area contributed by atoms with Crippen LogP contribution in [0.1, 0.15) is 27.7 Å². The summed E-state index contributed by atoms with van der Waals surface area (Å²) in [6, 6.07) is 0. The molecule has 0 saturated heterocycles. The Morgan fingerprint density at radius 2 is 0.917 bits per heavy atom. The van der Waals surface area contributed by atoms with Crippen molar-refractivity contribution in [3.05, 3.63) is 0 Å². The molecule has 0 aliphatic rings. The van der Waals surface area contributed by atoms with Crippen LogP contribution in [0.25, 0.3) is 0 Å². The Morgan fingerprint density at radius 1 is 0.917 bits per heavy atom. The number of hydrogen-bond donors (Lipinski definition) is 2. The smallest absolute Gasteiger partial charge is 0.0832 e. The monoisotopic (exact) mass is 257 g/mol. The fourth-order valence-corrected chi connectivity index (χ4v) is 0. The molecule has 6 heteroatoms. The fraction of sp³-hybridized carbons (Fsp3) is 1.00. The van der Waals surface area contributed by atoms with Crippen LogP contribution in [0.2, 0.25) is 0 Å². The van der Waals surface area contributed by atoms with Gasteiger partial charge in [-0.15, -0.1) is 0 Å². The second kappa shape index (κ2) is 22.7. The molecule has 0 aliphatic carbocycles. The summed E-state index contributed by atoms with van der Waals surface area (Å²) in [5.41, 5.74) is 0. The van der Waals surface area contributed by atoms with Crippen molar-refractivity contribution in [2.75, 3.05) is 0 Å². The van der Waals surface area contributed by atoms with Gasteiger partial charge in [0.2, 0.25) is 0 Å². The van der Waals surface area contributed by atoms with E-state index in [2.05, 4.69) is 27.6 Å². The minimum atomic E-state index is -0.167. The van der Waals surface area contributed by atoms with Gasteiger partial charge in [0.15, 0.2) is 0 Å². The van der Waals surface area contributed by atoms with Gasteiger partial charge in [-0.05, 0) is 27.7 Å². The van der Waals surface area contributed by atoms with E-state index in [-0.39, 0.29) is 30.8 Å². The van der Waals surface area contributed by atoms with Crippen LogP contribution < -0.4 is 0 Å². The number of aliphatic hydroxyl groups is 2. The van der Waals surface area contributed by atoms with Gasteiger partial charge in [0.25, 0.3) is 0 Å². The maximum atomic E-state index is 8.06. The molecule has 0 aromatic rings. The molecule has 0 unspecified atom stereocenters. The van der Waals surface area contributed by atoms with E-state index in [9.17, 15) is 0 Å². The first-order chi connectivity index (χ1) is 4.88. The average molecular weight is 258 g/mol. The topological polar surface area (TPSA) is 49.7 Å². The molecule has 2 N–H and O–H groups in total. The first-order valence-electron chi connectivity index (χ1n) is 3.13. The van der Waals surface area contributed by atoms with Crippen molar-refractivity contribution in [2.24, 2.45) is 0 Å². The van der Waals surface area contributed by atoms with Crippen molar-refractivity contribution in [3.63, 3.8) is 0 Å². The van der Waals surface area contributed by atoms with Crippen LogP contribution in [-0.2, 0) is 22.4 Å². The largest absolute Gasteiger partial charge is 0.394 e.